The van der Waals surface area contributed by atoms with Crippen LogP contribution in [0.5, 0.6) is 11.5 Å². The standard InChI is InChI=1S/C19H24N2O4/c22-18(14-4-2-1-3-5-14)20-8-10-21(11-9-20)19(23)15-6-7-16-17(12-15)25-13-24-16/h6-7,12,14H,1-5,8-11,13H2. The minimum atomic E-state index is -0.0111. The maximum absolute atomic E-state index is 12.7. The largest absolute Gasteiger partial charge is 0.454 e. The second-order valence-corrected chi connectivity index (χ2v) is 7.02. The highest BCUT2D eigenvalue weighted by molar-refractivity contribution is 5.95. The Balaban J connectivity index is 1.35. The number of hydrogen-bond acceptors (Lipinski definition) is 4. The van der Waals surface area contributed by atoms with E-state index in [9.17, 15) is 9.59 Å². The van der Waals surface area contributed by atoms with E-state index in [0.717, 1.165) is 12.8 Å². The van der Waals surface area contributed by atoms with Crippen LogP contribution in [0.2, 0.25) is 0 Å². The molecule has 0 bridgehead atoms. The molecular weight excluding hydrogens is 320 g/mol. The Labute approximate surface area is 147 Å². The average Bonchev–Trinajstić information content (AvgIpc) is 3.15. The maximum atomic E-state index is 12.7. The van der Waals surface area contributed by atoms with Crippen LogP contribution in [-0.4, -0.2) is 54.6 Å². The number of nitrogens with zero attached hydrogens (tertiary/aromatic N) is 2. The second kappa shape index (κ2) is 6.94. The molecule has 1 aliphatic carbocycles. The van der Waals surface area contributed by atoms with E-state index in [1.54, 1.807) is 18.2 Å². The van der Waals surface area contributed by atoms with Gasteiger partial charge in [0.05, 0.1) is 0 Å². The molecule has 3 aliphatic rings. The summed E-state index contributed by atoms with van der Waals surface area (Å²) in [5, 5.41) is 0. The van der Waals surface area contributed by atoms with Crippen molar-refractivity contribution < 1.29 is 19.1 Å². The van der Waals surface area contributed by atoms with Gasteiger partial charge >= 0.3 is 0 Å². The first-order chi connectivity index (χ1) is 12.2. The molecule has 4 rings (SSSR count). The Morgan fingerprint density at radius 2 is 1.56 bits per heavy atom. The van der Waals surface area contributed by atoms with Crippen LogP contribution in [-0.2, 0) is 4.79 Å². The Hall–Kier alpha value is -2.24. The summed E-state index contributed by atoms with van der Waals surface area (Å²) in [4.78, 5) is 29.1. The Morgan fingerprint density at radius 1 is 0.880 bits per heavy atom. The highest BCUT2D eigenvalue weighted by Crippen LogP contribution is 2.33. The number of hydrogen-bond donors (Lipinski definition) is 0. The van der Waals surface area contributed by atoms with E-state index in [0.29, 0.717) is 43.2 Å². The summed E-state index contributed by atoms with van der Waals surface area (Å²) >= 11 is 0. The molecule has 1 saturated heterocycles. The summed E-state index contributed by atoms with van der Waals surface area (Å²) in [7, 11) is 0. The SMILES string of the molecule is O=C(c1ccc2c(c1)OCO2)N1CCN(C(=O)C2CCCCC2)CC1. The van der Waals surface area contributed by atoms with Crippen LogP contribution in [0, 0.1) is 5.92 Å². The number of fused-ring (bicyclic) bond motifs is 1. The number of carbonyl (C=O) groups excluding carboxylic acids is 2. The van der Waals surface area contributed by atoms with Gasteiger partial charge in [0.15, 0.2) is 11.5 Å². The van der Waals surface area contributed by atoms with Crippen molar-refractivity contribution in [3.05, 3.63) is 23.8 Å². The van der Waals surface area contributed by atoms with Crippen LogP contribution in [0.1, 0.15) is 42.5 Å². The predicted molar refractivity (Wildman–Crippen MR) is 91.6 cm³/mol. The fourth-order valence-corrected chi connectivity index (χ4v) is 3.95. The zero-order chi connectivity index (χ0) is 17.2. The molecule has 0 spiro atoms. The molecule has 0 aromatic heterocycles. The van der Waals surface area contributed by atoms with Crippen LogP contribution in [0.3, 0.4) is 0 Å². The van der Waals surface area contributed by atoms with Crippen molar-refractivity contribution in [2.24, 2.45) is 5.92 Å². The topological polar surface area (TPSA) is 59.1 Å². The maximum Gasteiger partial charge on any atom is 0.254 e. The van der Waals surface area contributed by atoms with Gasteiger partial charge in [-0.05, 0) is 31.0 Å². The molecule has 0 unspecified atom stereocenters. The van der Waals surface area contributed by atoms with E-state index in [1.165, 1.54) is 19.3 Å². The summed E-state index contributed by atoms with van der Waals surface area (Å²) in [6.45, 7) is 2.64. The van der Waals surface area contributed by atoms with Gasteiger partial charge in [0.25, 0.3) is 5.91 Å². The molecular formula is C19H24N2O4. The number of benzene rings is 1. The van der Waals surface area contributed by atoms with Gasteiger partial charge in [0.1, 0.15) is 0 Å². The van der Waals surface area contributed by atoms with Crippen LogP contribution in [0.15, 0.2) is 18.2 Å². The van der Waals surface area contributed by atoms with Crippen LogP contribution >= 0.6 is 0 Å². The Kier molecular flexibility index (Phi) is 4.51. The van der Waals surface area contributed by atoms with Crippen molar-refractivity contribution in [2.75, 3.05) is 33.0 Å². The average molecular weight is 344 g/mol. The van der Waals surface area contributed by atoms with Gasteiger partial charge in [-0.1, -0.05) is 19.3 Å². The monoisotopic (exact) mass is 344 g/mol. The van der Waals surface area contributed by atoms with Gasteiger partial charge in [0, 0.05) is 37.7 Å². The first-order valence-electron chi connectivity index (χ1n) is 9.20. The number of piperazine rings is 1. The van der Waals surface area contributed by atoms with Crippen molar-refractivity contribution in [1.82, 2.24) is 9.80 Å². The summed E-state index contributed by atoms with van der Waals surface area (Å²) in [6.07, 6.45) is 5.63. The molecule has 1 aromatic carbocycles. The smallest absolute Gasteiger partial charge is 0.254 e. The molecule has 2 heterocycles. The molecule has 6 nitrogen and oxygen atoms in total. The second-order valence-electron chi connectivity index (χ2n) is 7.02. The van der Waals surface area contributed by atoms with E-state index in [4.69, 9.17) is 9.47 Å². The molecule has 2 aliphatic heterocycles. The molecule has 1 saturated carbocycles. The molecule has 2 fully saturated rings. The van der Waals surface area contributed by atoms with Crippen molar-refractivity contribution in [3.8, 4) is 11.5 Å². The van der Waals surface area contributed by atoms with Crippen molar-refractivity contribution in [1.29, 1.82) is 0 Å². The molecule has 1 aromatic rings. The third-order valence-corrected chi connectivity index (χ3v) is 5.45. The molecule has 0 N–H and O–H groups in total. The minimum absolute atomic E-state index is 0.0111. The molecule has 0 atom stereocenters. The summed E-state index contributed by atoms with van der Waals surface area (Å²) in [6, 6.07) is 5.29. The van der Waals surface area contributed by atoms with Crippen molar-refractivity contribution >= 4 is 11.8 Å². The summed E-state index contributed by atoms with van der Waals surface area (Å²) < 4.78 is 10.6. The molecule has 0 radical (unpaired) electrons. The Morgan fingerprint density at radius 3 is 2.32 bits per heavy atom. The van der Waals surface area contributed by atoms with Crippen molar-refractivity contribution in [3.63, 3.8) is 0 Å². The first kappa shape index (κ1) is 16.2. The summed E-state index contributed by atoms with van der Waals surface area (Å²) in [5.74, 6) is 1.78. The number of ether oxygens (including phenoxy) is 2. The third kappa shape index (κ3) is 3.30. The fourth-order valence-electron chi connectivity index (χ4n) is 3.95. The van der Waals surface area contributed by atoms with E-state index < -0.39 is 0 Å². The zero-order valence-corrected chi connectivity index (χ0v) is 14.4. The van der Waals surface area contributed by atoms with E-state index >= 15 is 0 Å². The van der Waals surface area contributed by atoms with Crippen LogP contribution in [0.4, 0.5) is 0 Å². The van der Waals surface area contributed by atoms with E-state index in [-0.39, 0.29) is 24.5 Å². The third-order valence-electron chi connectivity index (χ3n) is 5.45. The predicted octanol–water partition coefficient (Wildman–Crippen LogP) is 2.28. The number of rotatable bonds is 2. The molecule has 134 valence electrons. The lowest BCUT2D eigenvalue weighted by Gasteiger charge is -2.37. The van der Waals surface area contributed by atoms with Gasteiger partial charge in [-0.2, -0.15) is 0 Å². The Bertz CT molecular complexity index is 661. The zero-order valence-electron chi connectivity index (χ0n) is 14.4. The van der Waals surface area contributed by atoms with Gasteiger partial charge in [0.2, 0.25) is 12.7 Å². The lowest BCUT2D eigenvalue weighted by atomic mass is 9.88. The van der Waals surface area contributed by atoms with Gasteiger partial charge in [-0.3, -0.25) is 9.59 Å². The fraction of sp³-hybridized carbons (Fsp3) is 0.579. The highest BCUT2D eigenvalue weighted by Gasteiger charge is 2.30. The highest BCUT2D eigenvalue weighted by atomic mass is 16.7. The lowest BCUT2D eigenvalue weighted by molar-refractivity contribution is -0.138. The minimum Gasteiger partial charge on any atom is -0.454 e. The lowest BCUT2D eigenvalue weighted by Crippen LogP contribution is -2.52. The van der Waals surface area contributed by atoms with Gasteiger partial charge in [-0.25, -0.2) is 0 Å². The number of amides is 2. The summed E-state index contributed by atoms with van der Waals surface area (Å²) in [5.41, 5.74) is 0.608. The van der Waals surface area contributed by atoms with E-state index in [2.05, 4.69) is 0 Å². The first-order valence-corrected chi connectivity index (χ1v) is 9.20. The van der Waals surface area contributed by atoms with E-state index in [1.807, 2.05) is 9.80 Å². The molecule has 25 heavy (non-hydrogen) atoms. The van der Waals surface area contributed by atoms with Gasteiger partial charge in [-0.15, -0.1) is 0 Å². The number of carbonyl (C=O) groups is 2. The van der Waals surface area contributed by atoms with Crippen molar-refractivity contribution in [2.45, 2.75) is 32.1 Å². The van der Waals surface area contributed by atoms with Crippen LogP contribution in [0.25, 0.3) is 0 Å². The molecule has 2 amide bonds. The van der Waals surface area contributed by atoms with Gasteiger partial charge < -0.3 is 19.3 Å². The van der Waals surface area contributed by atoms with Crippen LogP contribution < -0.4 is 9.47 Å². The molecule has 6 heteroatoms. The normalized spacial score (nSPS) is 20.6. The quantitative estimate of drug-likeness (QED) is 0.826.